The van der Waals surface area contributed by atoms with Crippen molar-refractivity contribution in [3.8, 4) is 5.75 Å². The summed E-state index contributed by atoms with van der Waals surface area (Å²) >= 11 is 0. The van der Waals surface area contributed by atoms with Gasteiger partial charge in [0.05, 0.1) is 6.61 Å². The molecule has 0 aliphatic carbocycles. The van der Waals surface area contributed by atoms with Crippen LogP contribution in [0.25, 0.3) is 0 Å². The number of amides is 1. The van der Waals surface area contributed by atoms with Crippen LogP contribution in [0.1, 0.15) is 6.92 Å². The molecule has 1 aliphatic rings. The average molecular weight is 377 g/mol. The van der Waals surface area contributed by atoms with E-state index in [-0.39, 0.29) is 0 Å². The monoisotopic (exact) mass is 377 g/mol. The minimum Gasteiger partial charge on any atom is -0.463 e. The largest absolute Gasteiger partial charge is 0.463 e. The summed E-state index contributed by atoms with van der Waals surface area (Å²) < 4.78 is 45.2. The van der Waals surface area contributed by atoms with Crippen LogP contribution in [0.4, 0.5) is 0 Å². The maximum Gasteiger partial charge on any atom is 0.397 e. The standard InChI is InChI=1S/C14H19NO9S/c1-8(16)15-11-13(18)12(17)10(7-22-25(19,20)21)24-14(11)23-9-5-3-2-4-6-9/h2-6,10-14,17-18H,7H2,1H3,(H,15,16)(H,19,20,21)/t10-,11-,12+,13-,14?/m1/s1. The van der Waals surface area contributed by atoms with Crippen LogP contribution in [0.5, 0.6) is 5.75 Å². The van der Waals surface area contributed by atoms with Crippen molar-refractivity contribution in [1.82, 2.24) is 5.32 Å². The van der Waals surface area contributed by atoms with Gasteiger partial charge in [-0.2, -0.15) is 8.42 Å². The Hall–Kier alpha value is -1.76. The minimum absolute atomic E-state index is 0.362. The molecule has 1 aromatic rings. The first-order valence-corrected chi connectivity index (χ1v) is 8.66. The summed E-state index contributed by atoms with van der Waals surface area (Å²) in [5.41, 5.74) is 0. The average Bonchev–Trinajstić information content (AvgIpc) is 2.53. The van der Waals surface area contributed by atoms with E-state index in [4.69, 9.17) is 14.0 Å². The Kier molecular flexibility index (Phi) is 6.32. The molecule has 1 saturated heterocycles. The molecule has 140 valence electrons. The summed E-state index contributed by atoms with van der Waals surface area (Å²) in [4.78, 5) is 11.3. The number of para-hydroxylation sites is 1. The Morgan fingerprint density at radius 3 is 2.44 bits per heavy atom. The number of benzene rings is 1. The lowest BCUT2D eigenvalue weighted by Crippen LogP contribution is -2.65. The highest BCUT2D eigenvalue weighted by Gasteiger charge is 2.46. The molecular formula is C14H19NO9S. The predicted molar refractivity (Wildman–Crippen MR) is 82.8 cm³/mol. The topological polar surface area (TPSA) is 152 Å². The highest BCUT2D eigenvalue weighted by Crippen LogP contribution is 2.25. The zero-order chi connectivity index (χ0) is 18.6. The molecule has 1 fully saturated rings. The molecule has 1 aliphatic heterocycles. The lowest BCUT2D eigenvalue weighted by molar-refractivity contribution is -0.242. The van der Waals surface area contributed by atoms with Crippen molar-refractivity contribution in [3.05, 3.63) is 30.3 Å². The lowest BCUT2D eigenvalue weighted by atomic mass is 9.97. The molecule has 1 amide bonds. The van der Waals surface area contributed by atoms with Gasteiger partial charge in [0.15, 0.2) is 0 Å². The van der Waals surface area contributed by atoms with Gasteiger partial charge in [0.2, 0.25) is 12.2 Å². The van der Waals surface area contributed by atoms with Gasteiger partial charge in [-0.3, -0.25) is 9.35 Å². The second kappa shape index (κ2) is 8.08. The quantitative estimate of drug-likeness (QED) is 0.450. The summed E-state index contributed by atoms with van der Waals surface area (Å²) in [5.74, 6) is -0.130. The van der Waals surface area contributed by atoms with Crippen LogP contribution in [0.3, 0.4) is 0 Å². The van der Waals surface area contributed by atoms with Crippen LogP contribution in [-0.2, 0) is 24.1 Å². The molecule has 1 heterocycles. The molecule has 1 aromatic carbocycles. The van der Waals surface area contributed by atoms with Crippen LogP contribution in [0, 0.1) is 0 Å². The molecule has 0 saturated carbocycles. The lowest BCUT2D eigenvalue weighted by Gasteiger charge is -2.42. The number of rotatable bonds is 6. The van der Waals surface area contributed by atoms with Crippen molar-refractivity contribution in [2.24, 2.45) is 0 Å². The summed E-state index contributed by atoms with van der Waals surface area (Å²) in [6.45, 7) is 0.463. The molecule has 5 atom stereocenters. The molecule has 0 bridgehead atoms. The zero-order valence-corrected chi connectivity index (χ0v) is 14.0. The second-order valence-electron chi connectivity index (χ2n) is 5.39. The van der Waals surface area contributed by atoms with Gasteiger partial charge in [0.25, 0.3) is 0 Å². The second-order valence-corrected chi connectivity index (χ2v) is 6.48. The third-order valence-electron chi connectivity index (χ3n) is 3.45. The SMILES string of the molecule is CC(=O)N[C@H]1C(Oc2ccccc2)O[C@H](COS(=O)(=O)O)[C@H](O)[C@@H]1O. The predicted octanol–water partition coefficient (Wildman–Crippen LogP) is -1.16. The first kappa shape index (κ1) is 19.6. The number of nitrogens with one attached hydrogen (secondary N) is 1. The molecule has 11 heteroatoms. The maximum atomic E-state index is 11.3. The van der Waals surface area contributed by atoms with Gasteiger partial charge in [-0.1, -0.05) is 18.2 Å². The van der Waals surface area contributed by atoms with Gasteiger partial charge >= 0.3 is 10.4 Å². The van der Waals surface area contributed by atoms with E-state index in [0.717, 1.165) is 0 Å². The van der Waals surface area contributed by atoms with Gasteiger partial charge in [0, 0.05) is 6.92 Å². The van der Waals surface area contributed by atoms with E-state index in [9.17, 15) is 23.4 Å². The zero-order valence-electron chi connectivity index (χ0n) is 13.2. The molecule has 2 rings (SSSR count). The number of carbonyl (C=O) groups excluding carboxylic acids is 1. The van der Waals surface area contributed by atoms with Crippen LogP contribution in [0.2, 0.25) is 0 Å². The van der Waals surface area contributed by atoms with Gasteiger partial charge in [-0.15, -0.1) is 0 Å². The van der Waals surface area contributed by atoms with Crippen LogP contribution in [-0.4, -0.2) is 66.3 Å². The van der Waals surface area contributed by atoms with Crippen molar-refractivity contribution in [3.63, 3.8) is 0 Å². The fraction of sp³-hybridized carbons (Fsp3) is 0.500. The minimum atomic E-state index is -4.76. The van der Waals surface area contributed by atoms with Gasteiger partial charge < -0.3 is 25.0 Å². The Bertz CT molecular complexity index is 681. The number of ether oxygens (including phenoxy) is 2. The Morgan fingerprint density at radius 1 is 1.24 bits per heavy atom. The summed E-state index contributed by atoms with van der Waals surface area (Å²) in [7, 11) is -4.76. The van der Waals surface area contributed by atoms with Gasteiger partial charge in [-0.05, 0) is 12.1 Å². The smallest absolute Gasteiger partial charge is 0.397 e. The molecule has 25 heavy (non-hydrogen) atoms. The molecule has 4 N–H and O–H groups in total. The molecule has 10 nitrogen and oxygen atoms in total. The van der Waals surface area contributed by atoms with Crippen molar-refractivity contribution >= 4 is 16.3 Å². The van der Waals surface area contributed by atoms with E-state index < -0.39 is 53.6 Å². The summed E-state index contributed by atoms with van der Waals surface area (Å²) in [6, 6.07) is 7.23. The van der Waals surface area contributed by atoms with E-state index in [1.165, 1.54) is 6.92 Å². The molecule has 0 radical (unpaired) electrons. The van der Waals surface area contributed by atoms with Crippen molar-refractivity contribution in [2.45, 2.75) is 37.6 Å². The van der Waals surface area contributed by atoms with Gasteiger partial charge in [0.1, 0.15) is 30.1 Å². The third-order valence-corrected chi connectivity index (χ3v) is 3.88. The fourth-order valence-electron chi connectivity index (χ4n) is 2.34. The van der Waals surface area contributed by atoms with Crippen LogP contribution >= 0.6 is 0 Å². The summed E-state index contributed by atoms with van der Waals surface area (Å²) in [6.07, 6.45) is -5.68. The molecule has 1 unspecified atom stereocenters. The number of aliphatic hydroxyl groups excluding tert-OH is 2. The highest BCUT2D eigenvalue weighted by molar-refractivity contribution is 7.80. The first-order chi connectivity index (χ1) is 11.7. The Labute approximate surface area is 144 Å². The van der Waals surface area contributed by atoms with E-state index in [2.05, 4.69) is 9.50 Å². The molecule has 0 aromatic heterocycles. The Balaban J connectivity index is 2.18. The maximum absolute atomic E-state index is 11.3. The van der Waals surface area contributed by atoms with E-state index >= 15 is 0 Å². The van der Waals surface area contributed by atoms with Gasteiger partial charge in [-0.25, -0.2) is 4.18 Å². The van der Waals surface area contributed by atoms with Crippen molar-refractivity contribution in [2.75, 3.05) is 6.61 Å². The number of aliphatic hydroxyl groups is 2. The van der Waals surface area contributed by atoms with Crippen LogP contribution in [0.15, 0.2) is 30.3 Å². The normalized spacial score (nSPS) is 29.8. The molecule has 0 spiro atoms. The highest BCUT2D eigenvalue weighted by atomic mass is 32.3. The van der Waals surface area contributed by atoms with E-state index in [1.807, 2.05) is 0 Å². The first-order valence-electron chi connectivity index (χ1n) is 7.29. The van der Waals surface area contributed by atoms with E-state index in [0.29, 0.717) is 5.75 Å². The van der Waals surface area contributed by atoms with Crippen molar-refractivity contribution < 1.29 is 41.6 Å². The van der Waals surface area contributed by atoms with Crippen LogP contribution < -0.4 is 10.1 Å². The fourth-order valence-corrected chi connectivity index (χ4v) is 2.65. The number of hydrogen-bond donors (Lipinski definition) is 4. The molecular weight excluding hydrogens is 358 g/mol. The number of hydrogen-bond acceptors (Lipinski definition) is 8. The Morgan fingerprint density at radius 2 is 1.88 bits per heavy atom. The third kappa shape index (κ3) is 5.63. The summed E-state index contributed by atoms with van der Waals surface area (Å²) in [5, 5.41) is 22.7. The van der Waals surface area contributed by atoms with Crippen molar-refractivity contribution in [1.29, 1.82) is 0 Å². The van der Waals surface area contributed by atoms with E-state index in [1.54, 1.807) is 30.3 Å². The number of carbonyl (C=O) groups is 1.